The summed E-state index contributed by atoms with van der Waals surface area (Å²) in [5.41, 5.74) is 0.267. The van der Waals surface area contributed by atoms with Crippen LogP contribution in [0.4, 0.5) is 0 Å². The van der Waals surface area contributed by atoms with Gasteiger partial charge in [0, 0.05) is 0 Å². The maximum absolute atomic E-state index is 11.4. The summed E-state index contributed by atoms with van der Waals surface area (Å²) in [4.78, 5) is 11.4. The number of phenols is 1. The van der Waals surface area contributed by atoms with Crippen molar-refractivity contribution >= 4 is 5.97 Å². The molecule has 0 heterocycles. The van der Waals surface area contributed by atoms with Gasteiger partial charge in [0.2, 0.25) is 0 Å². The molecule has 86 valence electrons. The van der Waals surface area contributed by atoms with E-state index in [0.29, 0.717) is 18.3 Å². The topological polar surface area (TPSA) is 55.8 Å². The molecular weight excluding hydrogens is 208 g/mol. The smallest absolute Gasteiger partial charge is 0.341 e. The van der Waals surface area contributed by atoms with E-state index in [9.17, 15) is 9.90 Å². The lowest BCUT2D eigenvalue weighted by Crippen LogP contribution is -2.07. The number of aromatic hydroxyl groups is 1. The molecule has 0 atom stereocenters. The van der Waals surface area contributed by atoms with Gasteiger partial charge >= 0.3 is 5.97 Å². The second kappa shape index (κ2) is 4.43. The Labute approximate surface area is 93.8 Å². The molecule has 1 aliphatic carbocycles. The predicted octanol–water partition coefficient (Wildman–Crippen LogP) is 1.97. The highest BCUT2D eigenvalue weighted by atomic mass is 16.5. The monoisotopic (exact) mass is 222 g/mol. The molecular formula is C12H14O4. The first-order valence-electron chi connectivity index (χ1n) is 5.25. The van der Waals surface area contributed by atoms with Crippen molar-refractivity contribution in [2.45, 2.75) is 12.8 Å². The Bertz CT molecular complexity index is 396. The second-order valence-corrected chi connectivity index (χ2v) is 3.93. The fraction of sp³-hybridized carbons (Fsp3) is 0.417. The van der Waals surface area contributed by atoms with Crippen LogP contribution in [0.2, 0.25) is 0 Å². The van der Waals surface area contributed by atoms with E-state index in [1.165, 1.54) is 32.1 Å². The van der Waals surface area contributed by atoms with Gasteiger partial charge in [-0.15, -0.1) is 0 Å². The highest BCUT2D eigenvalue weighted by Crippen LogP contribution is 2.31. The van der Waals surface area contributed by atoms with E-state index in [1.54, 1.807) is 6.07 Å². The molecule has 0 aliphatic heterocycles. The summed E-state index contributed by atoms with van der Waals surface area (Å²) in [6.45, 7) is 0.620. The van der Waals surface area contributed by atoms with Crippen LogP contribution in [0.5, 0.6) is 11.5 Å². The average molecular weight is 222 g/mol. The highest BCUT2D eigenvalue weighted by Gasteiger charge is 2.23. The van der Waals surface area contributed by atoms with Crippen molar-refractivity contribution in [3.63, 3.8) is 0 Å². The van der Waals surface area contributed by atoms with Gasteiger partial charge in [-0.3, -0.25) is 0 Å². The molecule has 2 rings (SSSR count). The van der Waals surface area contributed by atoms with Gasteiger partial charge in [-0.1, -0.05) is 0 Å². The minimum atomic E-state index is -0.498. The predicted molar refractivity (Wildman–Crippen MR) is 57.7 cm³/mol. The summed E-state index contributed by atoms with van der Waals surface area (Å²) in [5, 5.41) is 9.31. The molecule has 1 fully saturated rings. The Morgan fingerprint density at radius 1 is 1.50 bits per heavy atom. The van der Waals surface area contributed by atoms with Crippen molar-refractivity contribution in [1.82, 2.24) is 0 Å². The largest absolute Gasteiger partial charge is 0.508 e. The molecule has 4 heteroatoms. The molecule has 0 radical (unpaired) electrons. The van der Waals surface area contributed by atoms with Gasteiger partial charge in [0.15, 0.2) is 0 Å². The van der Waals surface area contributed by atoms with Crippen molar-refractivity contribution in [2.24, 2.45) is 5.92 Å². The zero-order chi connectivity index (χ0) is 11.5. The summed E-state index contributed by atoms with van der Waals surface area (Å²) in [6.07, 6.45) is 2.37. The van der Waals surface area contributed by atoms with Crippen LogP contribution < -0.4 is 4.74 Å². The summed E-state index contributed by atoms with van der Waals surface area (Å²) >= 11 is 0. The third-order valence-corrected chi connectivity index (χ3v) is 2.54. The van der Waals surface area contributed by atoms with E-state index in [0.717, 1.165) is 0 Å². The molecule has 0 saturated heterocycles. The van der Waals surface area contributed by atoms with Crippen LogP contribution in [-0.4, -0.2) is 24.8 Å². The van der Waals surface area contributed by atoms with Crippen LogP contribution in [0.25, 0.3) is 0 Å². The van der Waals surface area contributed by atoms with E-state index in [-0.39, 0.29) is 11.3 Å². The first kappa shape index (κ1) is 10.8. The van der Waals surface area contributed by atoms with E-state index in [2.05, 4.69) is 4.74 Å². The van der Waals surface area contributed by atoms with Crippen molar-refractivity contribution in [1.29, 1.82) is 0 Å². The number of rotatable bonds is 4. The van der Waals surface area contributed by atoms with Gasteiger partial charge in [0.05, 0.1) is 13.7 Å². The lowest BCUT2D eigenvalue weighted by atomic mass is 10.2. The van der Waals surface area contributed by atoms with Crippen molar-refractivity contribution in [3.8, 4) is 11.5 Å². The van der Waals surface area contributed by atoms with Gasteiger partial charge in [0.25, 0.3) is 0 Å². The highest BCUT2D eigenvalue weighted by molar-refractivity contribution is 5.92. The van der Waals surface area contributed by atoms with Gasteiger partial charge < -0.3 is 14.6 Å². The zero-order valence-electron chi connectivity index (χ0n) is 9.10. The Morgan fingerprint density at radius 3 is 2.88 bits per heavy atom. The standard InChI is InChI=1S/C12H14O4/c1-15-12(14)10-6-9(13)4-5-11(10)16-7-8-2-3-8/h4-6,8,13H,2-3,7H2,1H3. The Hall–Kier alpha value is -1.71. The second-order valence-electron chi connectivity index (χ2n) is 3.93. The number of methoxy groups -OCH3 is 1. The maximum atomic E-state index is 11.4. The maximum Gasteiger partial charge on any atom is 0.341 e. The lowest BCUT2D eigenvalue weighted by Gasteiger charge is -2.09. The number of benzene rings is 1. The minimum Gasteiger partial charge on any atom is -0.508 e. The molecule has 1 saturated carbocycles. The van der Waals surface area contributed by atoms with Crippen LogP contribution >= 0.6 is 0 Å². The number of hydrogen-bond donors (Lipinski definition) is 1. The lowest BCUT2D eigenvalue weighted by molar-refractivity contribution is 0.0595. The van der Waals surface area contributed by atoms with Crippen molar-refractivity contribution in [3.05, 3.63) is 23.8 Å². The molecule has 0 bridgehead atoms. The molecule has 1 aliphatic rings. The van der Waals surface area contributed by atoms with Gasteiger partial charge in [0.1, 0.15) is 17.1 Å². The van der Waals surface area contributed by atoms with Crippen LogP contribution in [0.1, 0.15) is 23.2 Å². The van der Waals surface area contributed by atoms with Gasteiger partial charge in [-0.25, -0.2) is 4.79 Å². The molecule has 16 heavy (non-hydrogen) atoms. The summed E-state index contributed by atoms with van der Waals surface area (Å²) < 4.78 is 10.2. The van der Waals surface area contributed by atoms with Crippen LogP contribution in [0, 0.1) is 5.92 Å². The molecule has 0 amide bonds. The van der Waals surface area contributed by atoms with Crippen LogP contribution in [0.15, 0.2) is 18.2 Å². The average Bonchev–Trinajstić information content (AvgIpc) is 3.10. The van der Waals surface area contributed by atoms with E-state index >= 15 is 0 Å². The minimum absolute atomic E-state index is 0.0270. The fourth-order valence-electron chi connectivity index (χ4n) is 1.41. The molecule has 1 aromatic rings. The van der Waals surface area contributed by atoms with Crippen LogP contribution in [-0.2, 0) is 4.74 Å². The van der Waals surface area contributed by atoms with Gasteiger partial charge in [-0.2, -0.15) is 0 Å². The molecule has 4 nitrogen and oxygen atoms in total. The number of carbonyl (C=O) groups excluding carboxylic acids is 1. The molecule has 0 aromatic heterocycles. The Balaban J connectivity index is 2.16. The zero-order valence-corrected chi connectivity index (χ0v) is 9.10. The third kappa shape index (κ3) is 2.45. The molecule has 1 aromatic carbocycles. The summed E-state index contributed by atoms with van der Waals surface area (Å²) in [5.74, 6) is 0.608. The molecule has 0 spiro atoms. The third-order valence-electron chi connectivity index (χ3n) is 2.54. The Kier molecular flexibility index (Phi) is 2.99. The van der Waals surface area contributed by atoms with Crippen molar-refractivity contribution in [2.75, 3.05) is 13.7 Å². The van der Waals surface area contributed by atoms with E-state index in [4.69, 9.17) is 4.74 Å². The molecule has 1 N–H and O–H groups in total. The molecule has 0 unspecified atom stereocenters. The normalized spacial score (nSPS) is 14.6. The fourth-order valence-corrected chi connectivity index (χ4v) is 1.41. The van der Waals surface area contributed by atoms with Crippen LogP contribution in [0.3, 0.4) is 0 Å². The van der Waals surface area contributed by atoms with E-state index in [1.807, 2.05) is 0 Å². The number of phenolic OH excluding ortho intramolecular Hbond substituents is 1. The van der Waals surface area contributed by atoms with Gasteiger partial charge in [-0.05, 0) is 37.0 Å². The summed E-state index contributed by atoms with van der Waals surface area (Å²) in [6, 6.07) is 4.44. The number of carbonyl (C=O) groups is 1. The SMILES string of the molecule is COC(=O)c1cc(O)ccc1OCC1CC1. The first-order valence-corrected chi connectivity index (χ1v) is 5.25. The Morgan fingerprint density at radius 2 is 2.25 bits per heavy atom. The summed E-state index contributed by atoms with van der Waals surface area (Å²) in [7, 11) is 1.30. The number of esters is 1. The van der Waals surface area contributed by atoms with E-state index < -0.39 is 5.97 Å². The van der Waals surface area contributed by atoms with Crippen molar-refractivity contribution < 1.29 is 19.4 Å². The number of hydrogen-bond acceptors (Lipinski definition) is 4. The number of ether oxygens (including phenoxy) is 2. The quantitative estimate of drug-likeness (QED) is 0.791. The first-order chi connectivity index (χ1) is 7.70.